The molecule has 0 saturated carbocycles. The molecule has 2 aromatic rings. The summed E-state index contributed by atoms with van der Waals surface area (Å²) in [6.45, 7) is 5.82. The van der Waals surface area contributed by atoms with Gasteiger partial charge in [-0.1, -0.05) is 13.8 Å². The highest BCUT2D eigenvalue weighted by Crippen LogP contribution is 2.21. The lowest BCUT2D eigenvalue weighted by molar-refractivity contribution is 0.627. The number of benzene rings is 1. The number of nitrogen functional groups attached to an aromatic ring is 1. The lowest BCUT2D eigenvalue weighted by Crippen LogP contribution is -2.12. The maximum Gasteiger partial charge on any atom is 0.145 e. The van der Waals surface area contributed by atoms with Gasteiger partial charge in [0.2, 0.25) is 0 Å². The first-order valence-corrected chi connectivity index (χ1v) is 6.37. The minimum Gasteiger partial charge on any atom is -0.340 e. The molecule has 0 bridgehead atoms. The quantitative estimate of drug-likeness (QED) is 0.590. The second-order valence-corrected chi connectivity index (χ2v) is 4.94. The Kier molecular flexibility index (Phi) is 4.14. The van der Waals surface area contributed by atoms with Crippen LogP contribution in [0.25, 0.3) is 0 Å². The third-order valence-electron chi connectivity index (χ3n) is 2.72. The van der Waals surface area contributed by atoms with Crippen LogP contribution in [0.1, 0.15) is 31.2 Å². The lowest BCUT2D eigenvalue weighted by Gasteiger charge is -2.12. The van der Waals surface area contributed by atoms with Crippen molar-refractivity contribution in [2.24, 2.45) is 5.84 Å². The van der Waals surface area contributed by atoms with Crippen LogP contribution in [0.2, 0.25) is 0 Å². The van der Waals surface area contributed by atoms with Gasteiger partial charge in [0.25, 0.3) is 0 Å². The lowest BCUT2D eigenvalue weighted by atomic mass is 10.2. The van der Waals surface area contributed by atoms with Crippen molar-refractivity contribution < 1.29 is 4.39 Å². The van der Waals surface area contributed by atoms with E-state index in [1.165, 1.54) is 12.1 Å². The monoisotopic (exact) mass is 275 g/mol. The van der Waals surface area contributed by atoms with Crippen LogP contribution in [0, 0.1) is 12.7 Å². The topological polar surface area (TPSA) is 75.9 Å². The minimum atomic E-state index is -0.289. The number of rotatable bonds is 4. The first-order valence-electron chi connectivity index (χ1n) is 6.37. The zero-order valence-corrected chi connectivity index (χ0v) is 11.7. The Morgan fingerprint density at radius 3 is 2.40 bits per heavy atom. The molecule has 0 aliphatic heterocycles. The molecule has 0 radical (unpaired) electrons. The summed E-state index contributed by atoms with van der Waals surface area (Å²) in [5, 5.41) is 3.07. The Morgan fingerprint density at radius 2 is 1.80 bits per heavy atom. The van der Waals surface area contributed by atoms with Gasteiger partial charge in [0.05, 0.1) is 0 Å². The predicted molar refractivity (Wildman–Crippen MR) is 78.4 cm³/mol. The summed E-state index contributed by atoms with van der Waals surface area (Å²) in [6.07, 6.45) is 0. The molecule has 4 N–H and O–H groups in total. The van der Waals surface area contributed by atoms with Crippen LogP contribution in [0.5, 0.6) is 0 Å². The molecule has 1 aromatic heterocycles. The van der Waals surface area contributed by atoms with Crippen molar-refractivity contribution in [3.63, 3.8) is 0 Å². The number of hydrogen-bond donors (Lipinski definition) is 3. The number of halogens is 1. The fourth-order valence-electron chi connectivity index (χ4n) is 1.82. The SMILES string of the molecule is Cc1cc(F)cc(Nc2cc(NN)nc(C(C)C)n2)c1. The van der Waals surface area contributed by atoms with Crippen LogP contribution in [-0.4, -0.2) is 9.97 Å². The summed E-state index contributed by atoms with van der Waals surface area (Å²) in [7, 11) is 0. The number of anilines is 3. The molecule has 1 heterocycles. The van der Waals surface area contributed by atoms with Crippen molar-refractivity contribution in [3.05, 3.63) is 41.5 Å². The maximum absolute atomic E-state index is 13.4. The second kappa shape index (κ2) is 5.83. The molecule has 6 heteroatoms. The average Bonchev–Trinajstić information content (AvgIpc) is 2.36. The number of hydrazine groups is 1. The molecular weight excluding hydrogens is 257 g/mol. The first kappa shape index (κ1) is 14.2. The number of hydrogen-bond acceptors (Lipinski definition) is 5. The normalized spacial score (nSPS) is 10.7. The van der Waals surface area contributed by atoms with Gasteiger partial charge < -0.3 is 10.7 Å². The third-order valence-corrected chi connectivity index (χ3v) is 2.72. The van der Waals surface area contributed by atoms with E-state index in [1.54, 1.807) is 6.07 Å². The fourth-order valence-corrected chi connectivity index (χ4v) is 1.82. The summed E-state index contributed by atoms with van der Waals surface area (Å²) in [5.41, 5.74) is 3.98. The largest absolute Gasteiger partial charge is 0.340 e. The minimum absolute atomic E-state index is 0.165. The van der Waals surface area contributed by atoms with Crippen molar-refractivity contribution in [1.29, 1.82) is 0 Å². The highest BCUT2D eigenvalue weighted by Gasteiger charge is 2.08. The summed E-state index contributed by atoms with van der Waals surface area (Å²) < 4.78 is 13.4. The van der Waals surface area contributed by atoms with Gasteiger partial charge in [0.15, 0.2) is 0 Å². The summed E-state index contributed by atoms with van der Waals surface area (Å²) in [6, 6.07) is 6.40. The molecule has 106 valence electrons. The van der Waals surface area contributed by atoms with E-state index in [0.29, 0.717) is 23.1 Å². The van der Waals surface area contributed by atoms with Gasteiger partial charge in [0, 0.05) is 17.7 Å². The van der Waals surface area contributed by atoms with Crippen LogP contribution >= 0.6 is 0 Å². The van der Waals surface area contributed by atoms with Crippen molar-refractivity contribution in [3.8, 4) is 0 Å². The standard InChI is InChI=1S/C14H18FN5/c1-8(2)14-18-12(7-13(19-14)20-16)17-11-5-9(3)4-10(15)6-11/h4-8H,16H2,1-3H3,(H2,17,18,19,20). The summed E-state index contributed by atoms with van der Waals surface area (Å²) in [5.74, 6) is 7.02. The Hall–Kier alpha value is -2.21. The molecule has 0 spiro atoms. The Labute approximate surface area is 117 Å². The van der Waals surface area contributed by atoms with Crippen LogP contribution in [0.15, 0.2) is 24.3 Å². The van der Waals surface area contributed by atoms with E-state index in [-0.39, 0.29) is 11.7 Å². The first-order chi connectivity index (χ1) is 9.47. The Bertz CT molecular complexity index is 592. The molecule has 0 unspecified atom stereocenters. The molecule has 0 aliphatic rings. The predicted octanol–water partition coefficient (Wildman–Crippen LogP) is 3.08. The molecular formula is C14H18FN5. The van der Waals surface area contributed by atoms with Crippen molar-refractivity contribution in [2.75, 3.05) is 10.7 Å². The van der Waals surface area contributed by atoms with Crippen molar-refractivity contribution >= 4 is 17.3 Å². The molecule has 0 aliphatic carbocycles. The van der Waals surface area contributed by atoms with Gasteiger partial charge in [-0.15, -0.1) is 0 Å². The third kappa shape index (κ3) is 3.42. The second-order valence-electron chi connectivity index (χ2n) is 4.94. The van der Waals surface area contributed by atoms with Gasteiger partial charge >= 0.3 is 0 Å². The van der Waals surface area contributed by atoms with Gasteiger partial charge in [0.1, 0.15) is 23.3 Å². The highest BCUT2D eigenvalue weighted by atomic mass is 19.1. The summed E-state index contributed by atoms with van der Waals surface area (Å²) in [4.78, 5) is 8.66. The van der Waals surface area contributed by atoms with E-state index in [0.717, 1.165) is 5.56 Å². The number of aromatic nitrogens is 2. The zero-order valence-electron chi connectivity index (χ0n) is 11.7. The average molecular weight is 275 g/mol. The highest BCUT2D eigenvalue weighted by molar-refractivity contribution is 5.60. The zero-order chi connectivity index (χ0) is 14.7. The van der Waals surface area contributed by atoms with E-state index in [4.69, 9.17) is 5.84 Å². The van der Waals surface area contributed by atoms with Crippen LogP contribution in [-0.2, 0) is 0 Å². The molecule has 0 amide bonds. The smallest absolute Gasteiger partial charge is 0.145 e. The van der Waals surface area contributed by atoms with Crippen molar-refractivity contribution in [2.45, 2.75) is 26.7 Å². The molecule has 1 aromatic carbocycles. The van der Waals surface area contributed by atoms with E-state index < -0.39 is 0 Å². The summed E-state index contributed by atoms with van der Waals surface area (Å²) >= 11 is 0. The fraction of sp³-hybridized carbons (Fsp3) is 0.286. The molecule has 20 heavy (non-hydrogen) atoms. The molecule has 5 nitrogen and oxygen atoms in total. The number of nitrogens with zero attached hydrogens (tertiary/aromatic N) is 2. The van der Waals surface area contributed by atoms with Crippen molar-refractivity contribution in [1.82, 2.24) is 9.97 Å². The molecule has 0 fully saturated rings. The maximum atomic E-state index is 13.4. The number of nitrogens with one attached hydrogen (secondary N) is 2. The van der Waals surface area contributed by atoms with Gasteiger partial charge in [-0.25, -0.2) is 20.2 Å². The molecule has 2 rings (SSSR count). The number of aryl methyl sites for hydroxylation is 1. The molecule has 0 atom stereocenters. The Morgan fingerprint density at radius 1 is 1.10 bits per heavy atom. The van der Waals surface area contributed by atoms with E-state index >= 15 is 0 Å². The Balaban J connectivity index is 2.34. The number of nitrogens with two attached hydrogens (primary N) is 1. The van der Waals surface area contributed by atoms with Crippen LogP contribution < -0.4 is 16.6 Å². The van der Waals surface area contributed by atoms with E-state index in [1.807, 2.05) is 26.8 Å². The van der Waals surface area contributed by atoms with Gasteiger partial charge in [-0.3, -0.25) is 0 Å². The van der Waals surface area contributed by atoms with Crippen LogP contribution in [0.3, 0.4) is 0 Å². The van der Waals surface area contributed by atoms with E-state index in [9.17, 15) is 4.39 Å². The van der Waals surface area contributed by atoms with Crippen LogP contribution in [0.4, 0.5) is 21.7 Å². The van der Waals surface area contributed by atoms with E-state index in [2.05, 4.69) is 20.7 Å². The molecule has 0 saturated heterocycles. The van der Waals surface area contributed by atoms with Gasteiger partial charge in [-0.2, -0.15) is 0 Å². The van der Waals surface area contributed by atoms with Gasteiger partial charge in [-0.05, 0) is 30.7 Å².